The van der Waals surface area contributed by atoms with Gasteiger partial charge in [-0.1, -0.05) is 0 Å². The van der Waals surface area contributed by atoms with E-state index in [0.717, 1.165) is 13.0 Å². The van der Waals surface area contributed by atoms with Crippen LogP contribution in [0.5, 0.6) is 0 Å². The Labute approximate surface area is 53.2 Å². The van der Waals surface area contributed by atoms with E-state index in [1.807, 2.05) is 0 Å². The Hall–Kier alpha value is 0.782. The van der Waals surface area contributed by atoms with Gasteiger partial charge in [-0.3, -0.25) is 0 Å². The fourth-order valence-corrected chi connectivity index (χ4v) is 0.354. The second-order valence-electron chi connectivity index (χ2n) is 0.871. The number of hydrogen-bond donors (Lipinski definition) is 0. The van der Waals surface area contributed by atoms with E-state index < -0.39 is 0 Å². The Bertz CT molecular complexity index is 18.3. The smallest absolute Gasteiger partial charge is 1.00 e. The summed E-state index contributed by atoms with van der Waals surface area (Å²) in [6.45, 7) is 2.93. The van der Waals surface area contributed by atoms with Gasteiger partial charge in [0.25, 0.3) is 0 Å². The van der Waals surface area contributed by atoms with Crippen LogP contribution < -0.4 is 12.4 Å². The van der Waals surface area contributed by atoms with E-state index in [1.54, 1.807) is 0 Å². The zero-order chi connectivity index (χ0) is 4.12. The first-order valence-corrected chi connectivity index (χ1v) is 2.20. The van der Waals surface area contributed by atoms with Gasteiger partial charge in [-0.2, -0.15) is 0 Å². The predicted octanol–water partition coefficient (Wildman–Crippen LogP) is -2.50. The van der Waals surface area contributed by atoms with Gasteiger partial charge in [-0.25, -0.2) is 0 Å². The molecule has 0 N–H and O–H groups in total. The van der Waals surface area contributed by atoms with Gasteiger partial charge in [0.15, 0.2) is 0 Å². The Kier molecular flexibility index (Phi) is 15.3. The van der Waals surface area contributed by atoms with Crippen LogP contribution in [0.15, 0.2) is 0 Å². The van der Waals surface area contributed by atoms with Crippen molar-refractivity contribution < 1.29 is 16.2 Å². The van der Waals surface area contributed by atoms with Crippen molar-refractivity contribution in [1.82, 2.24) is 0 Å². The van der Waals surface area contributed by atoms with Crippen molar-refractivity contribution in [2.75, 3.05) is 6.61 Å². The summed E-state index contributed by atoms with van der Waals surface area (Å²) in [6.07, 6.45) is 1.10. The van der Waals surface area contributed by atoms with Crippen molar-refractivity contribution in [3.8, 4) is 0 Å². The van der Waals surface area contributed by atoms with Gasteiger partial charge in [0.05, 0.1) is 0 Å². The molecule has 0 aliphatic carbocycles. The molecule has 1 radical (unpaired) electrons. The van der Waals surface area contributed by atoms with Crippen LogP contribution in [0.4, 0.5) is 0 Å². The summed E-state index contributed by atoms with van der Waals surface area (Å²) in [5.41, 5.74) is 0. The van der Waals surface area contributed by atoms with Crippen LogP contribution in [-0.4, -0.2) is 23.2 Å². The standard InChI is InChI=1S/C3H7O.Al.ClH/c1-2-3-4;;/h2-3H2,1H3;;1H/q-1;+2;/p-1. The summed E-state index contributed by atoms with van der Waals surface area (Å²) in [7, 11) is 0. The first-order valence-electron chi connectivity index (χ1n) is 1.73. The van der Waals surface area contributed by atoms with Crippen LogP contribution in [0.25, 0.3) is 0 Å². The largest absolute Gasteiger partial charge is 1.00 e. The van der Waals surface area contributed by atoms with Crippen molar-refractivity contribution in [3.05, 3.63) is 0 Å². The molecule has 0 spiro atoms. The Balaban J connectivity index is 0. The Morgan fingerprint density at radius 2 is 2.17 bits per heavy atom. The maximum absolute atomic E-state index is 4.61. The molecule has 3 heteroatoms. The van der Waals surface area contributed by atoms with E-state index in [4.69, 9.17) is 0 Å². The van der Waals surface area contributed by atoms with Gasteiger partial charge in [0.2, 0.25) is 0 Å². The number of halogens is 1. The maximum atomic E-state index is 4.61. The minimum atomic E-state index is 0. The summed E-state index contributed by atoms with van der Waals surface area (Å²) >= 11 is 2.20. The van der Waals surface area contributed by atoms with Crippen molar-refractivity contribution in [2.24, 2.45) is 0 Å². The molecule has 6 heavy (non-hydrogen) atoms. The first-order chi connectivity index (χ1) is 2.41. The molecule has 0 aromatic carbocycles. The molecule has 0 aliphatic rings. The Morgan fingerprint density at radius 3 is 2.17 bits per heavy atom. The van der Waals surface area contributed by atoms with Crippen molar-refractivity contribution >= 4 is 16.6 Å². The average Bonchev–Trinajstić information content (AvgIpc) is 1.41. The molecule has 0 aromatic heterocycles. The third-order valence-corrected chi connectivity index (χ3v) is 0.558. The molecule has 0 aromatic rings. The summed E-state index contributed by atoms with van der Waals surface area (Å²) in [6, 6.07) is 0. The molecule has 0 unspecified atom stereocenters. The van der Waals surface area contributed by atoms with E-state index in [-0.39, 0.29) is 12.4 Å². The van der Waals surface area contributed by atoms with Gasteiger partial charge < -0.3 is 12.4 Å². The fraction of sp³-hybridized carbons (Fsp3) is 1.00. The summed E-state index contributed by atoms with van der Waals surface area (Å²) in [5.74, 6) is 0. The zero-order valence-corrected chi connectivity index (χ0v) is 5.69. The van der Waals surface area contributed by atoms with E-state index in [1.165, 1.54) is 0 Å². The third kappa shape index (κ3) is 8.84. The molecule has 0 amide bonds. The molecule has 1 nitrogen and oxygen atoms in total. The van der Waals surface area contributed by atoms with E-state index >= 15 is 0 Å². The predicted molar refractivity (Wildman–Crippen MR) is 22.0 cm³/mol. The molecule has 0 fully saturated rings. The monoisotopic (exact) mass is 121 g/mol. The molecule has 0 saturated heterocycles. The van der Waals surface area contributed by atoms with Crippen LogP contribution in [-0.2, 0) is 3.79 Å². The number of rotatable bonds is 2. The minimum Gasteiger partial charge on any atom is -1.00 e. The quantitative estimate of drug-likeness (QED) is 0.367. The second kappa shape index (κ2) is 9.24. The SMILES string of the molecule is CCC[O][Al+].[Cl-]. The zero-order valence-electron chi connectivity index (χ0n) is 3.78. The first kappa shape index (κ1) is 9.92. The molecule has 0 saturated carbocycles. The average molecular weight is 122 g/mol. The third-order valence-electron chi connectivity index (χ3n) is 0.322. The van der Waals surface area contributed by atoms with E-state index in [2.05, 4.69) is 27.3 Å². The Morgan fingerprint density at radius 1 is 1.67 bits per heavy atom. The molecular formula is C3H7AlClO. The molecule has 0 rings (SSSR count). The fourth-order valence-electron chi connectivity index (χ4n) is 0.118. The second-order valence-corrected chi connectivity index (χ2v) is 1.20. The molecule has 0 aliphatic heterocycles. The van der Waals surface area contributed by atoms with Crippen LogP contribution in [0.2, 0.25) is 0 Å². The van der Waals surface area contributed by atoms with Crippen molar-refractivity contribution in [1.29, 1.82) is 0 Å². The van der Waals surface area contributed by atoms with Crippen LogP contribution >= 0.6 is 0 Å². The van der Waals surface area contributed by atoms with Crippen molar-refractivity contribution in [2.45, 2.75) is 13.3 Å². The van der Waals surface area contributed by atoms with E-state index in [0.29, 0.717) is 0 Å². The van der Waals surface area contributed by atoms with Gasteiger partial charge >= 0.3 is 40.4 Å². The molecular weight excluding hydrogens is 114 g/mol. The summed E-state index contributed by atoms with van der Waals surface area (Å²) in [5, 5.41) is 0. The van der Waals surface area contributed by atoms with Gasteiger partial charge in [-0.05, 0) is 0 Å². The van der Waals surface area contributed by atoms with Crippen LogP contribution in [0.3, 0.4) is 0 Å². The van der Waals surface area contributed by atoms with Gasteiger partial charge in [0, 0.05) is 0 Å². The number of hydrogen-bond acceptors (Lipinski definition) is 1. The van der Waals surface area contributed by atoms with Crippen LogP contribution in [0.1, 0.15) is 13.3 Å². The topological polar surface area (TPSA) is 9.23 Å². The van der Waals surface area contributed by atoms with E-state index in [9.17, 15) is 0 Å². The van der Waals surface area contributed by atoms with Crippen LogP contribution in [0, 0.1) is 0 Å². The van der Waals surface area contributed by atoms with Gasteiger partial charge in [-0.15, -0.1) is 0 Å². The maximum Gasteiger partial charge on any atom is -1.00 e. The summed E-state index contributed by atoms with van der Waals surface area (Å²) < 4.78 is 4.61. The molecule has 0 heterocycles. The molecule has 35 valence electrons. The molecule has 0 atom stereocenters. The molecule has 0 bridgehead atoms. The van der Waals surface area contributed by atoms with Gasteiger partial charge in [0.1, 0.15) is 0 Å². The normalized spacial score (nSPS) is 6.67. The summed E-state index contributed by atoms with van der Waals surface area (Å²) in [4.78, 5) is 0. The minimum absolute atomic E-state index is 0. The van der Waals surface area contributed by atoms with Crippen molar-refractivity contribution in [3.63, 3.8) is 0 Å².